The van der Waals surface area contributed by atoms with Crippen molar-refractivity contribution in [3.63, 3.8) is 0 Å². The van der Waals surface area contributed by atoms with E-state index in [0.717, 1.165) is 22.4 Å². The summed E-state index contributed by atoms with van der Waals surface area (Å²) in [6.45, 7) is 3.84. The Kier molecular flexibility index (Phi) is 4.65. The Labute approximate surface area is 156 Å². The van der Waals surface area contributed by atoms with Gasteiger partial charge in [0.05, 0.1) is 17.6 Å². The van der Waals surface area contributed by atoms with Crippen LogP contribution in [0.1, 0.15) is 21.7 Å². The van der Waals surface area contributed by atoms with Crippen LogP contribution < -0.4 is 5.32 Å². The number of hydrogen-bond donors (Lipinski definition) is 1. The largest absolute Gasteiger partial charge is 0.350 e. The molecule has 7 nitrogen and oxygen atoms in total. The van der Waals surface area contributed by atoms with Gasteiger partial charge in [0.2, 0.25) is 0 Å². The van der Waals surface area contributed by atoms with E-state index in [1.807, 2.05) is 55.5 Å². The lowest BCUT2D eigenvalue weighted by molar-refractivity contribution is 0.0952. The zero-order chi connectivity index (χ0) is 18.6. The minimum atomic E-state index is -0.0793. The number of nitrogens with zero attached hydrogens (tertiary/aromatic N) is 5. The summed E-state index contributed by atoms with van der Waals surface area (Å²) in [7, 11) is 0. The first-order valence-electron chi connectivity index (χ1n) is 8.82. The third kappa shape index (κ3) is 3.72. The molecule has 0 spiro atoms. The Morgan fingerprint density at radius 2 is 1.93 bits per heavy atom. The van der Waals surface area contributed by atoms with Crippen molar-refractivity contribution in [2.75, 3.05) is 6.54 Å². The number of imidazole rings is 1. The average molecular weight is 360 g/mol. The molecule has 2 aromatic heterocycles. The molecule has 0 fully saturated rings. The fourth-order valence-electron chi connectivity index (χ4n) is 3.12. The number of benzene rings is 2. The predicted molar refractivity (Wildman–Crippen MR) is 102 cm³/mol. The molecule has 4 rings (SSSR count). The van der Waals surface area contributed by atoms with Crippen LogP contribution in [0.4, 0.5) is 0 Å². The van der Waals surface area contributed by atoms with Crippen molar-refractivity contribution in [1.82, 2.24) is 29.6 Å². The van der Waals surface area contributed by atoms with E-state index in [1.165, 1.54) is 6.33 Å². The van der Waals surface area contributed by atoms with Crippen molar-refractivity contribution in [3.05, 3.63) is 78.1 Å². The minimum Gasteiger partial charge on any atom is -0.350 e. The van der Waals surface area contributed by atoms with Crippen LogP contribution in [-0.4, -0.2) is 36.8 Å². The molecule has 0 aliphatic heterocycles. The van der Waals surface area contributed by atoms with E-state index in [2.05, 4.69) is 25.0 Å². The van der Waals surface area contributed by atoms with Gasteiger partial charge in [0, 0.05) is 18.7 Å². The van der Waals surface area contributed by atoms with E-state index in [1.54, 1.807) is 11.0 Å². The van der Waals surface area contributed by atoms with Crippen LogP contribution in [0.2, 0.25) is 0 Å². The van der Waals surface area contributed by atoms with Crippen molar-refractivity contribution in [3.8, 4) is 0 Å². The van der Waals surface area contributed by atoms with E-state index in [0.29, 0.717) is 25.2 Å². The number of para-hydroxylation sites is 2. The van der Waals surface area contributed by atoms with Crippen molar-refractivity contribution in [2.45, 2.75) is 20.0 Å². The number of rotatable bonds is 6. The molecule has 7 heteroatoms. The number of aromatic nitrogens is 5. The molecule has 0 radical (unpaired) electrons. The highest BCUT2D eigenvalue weighted by molar-refractivity contribution is 5.94. The summed E-state index contributed by atoms with van der Waals surface area (Å²) in [6.07, 6.45) is 3.18. The lowest BCUT2D eigenvalue weighted by Crippen LogP contribution is -2.27. The Hall–Kier alpha value is -3.48. The van der Waals surface area contributed by atoms with Crippen LogP contribution in [-0.2, 0) is 13.1 Å². The Morgan fingerprint density at radius 3 is 2.70 bits per heavy atom. The first-order valence-corrected chi connectivity index (χ1v) is 8.82. The van der Waals surface area contributed by atoms with Crippen LogP contribution in [0.5, 0.6) is 0 Å². The van der Waals surface area contributed by atoms with Gasteiger partial charge in [-0.25, -0.2) is 14.6 Å². The van der Waals surface area contributed by atoms with Gasteiger partial charge in [0.15, 0.2) is 0 Å². The second-order valence-corrected chi connectivity index (χ2v) is 6.35. The van der Waals surface area contributed by atoms with Crippen LogP contribution in [0.3, 0.4) is 0 Å². The topological polar surface area (TPSA) is 77.6 Å². The molecular formula is C20H20N6O. The van der Waals surface area contributed by atoms with Crippen molar-refractivity contribution < 1.29 is 4.79 Å². The zero-order valence-electron chi connectivity index (χ0n) is 15.0. The standard InChI is InChI=1S/C20H20N6O/c1-15-24-18-4-2-3-5-19(18)26(15)11-10-22-20(27)17-8-6-16(7-9-17)12-25-14-21-13-23-25/h2-9,13-14H,10-12H2,1H3,(H,22,27). The van der Waals surface area contributed by atoms with E-state index in [4.69, 9.17) is 0 Å². The quantitative estimate of drug-likeness (QED) is 0.573. The molecule has 1 amide bonds. The van der Waals surface area contributed by atoms with E-state index in [-0.39, 0.29) is 5.91 Å². The number of carbonyl (C=O) groups is 1. The molecule has 2 aromatic carbocycles. The number of hydrogen-bond acceptors (Lipinski definition) is 4. The fraction of sp³-hybridized carbons (Fsp3) is 0.200. The Bertz CT molecular complexity index is 1050. The molecule has 27 heavy (non-hydrogen) atoms. The van der Waals surface area contributed by atoms with E-state index in [9.17, 15) is 4.79 Å². The minimum absolute atomic E-state index is 0.0793. The zero-order valence-corrected chi connectivity index (χ0v) is 15.0. The summed E-state index contributed by atoms with van der Waals surface area (Å²) in [5.74, 6) is 0.868. The van der Waals surface area contributed by atoms with Crippen LogP contribution in [0.15, 0.2) is 61.2 Å². The number of fused-ring (bicyclic) bond motifs is 1. The third-order valence-corrected chi connectivity index (χ3v) is 4.49. The number of aryl methyl sites for hydroxylation is 1. The summed E-state index contributed by atoms with van der Waals surface area (Å²) >= 11 is 0. The van der Waals surface area contributed by atoms with Crippen LogP contribution in [0, 0.1) is 6.92 Å². The van der Waals surface area contributed by atoms with Crippen molar-refractivity contribution in [1.29, 1.82) is 0 Å². The molecular weight excluding hydrogens is 340 g/mol. The molecule has 1 N–H and O–H groups in total. The summed E-state index contributed by atoms with van der Waals surface area (Å²) in [4.78, 5) is 20.9. The summed E-state index contributed by atoms with van der Waals surface area (Å²) in [5, 5.41) is 7.06. The SMILES string of the molecule is Cc1nc2ccccc2n1CCNC(=O)c1ccc(Cn2cncn2)cc1. The molecule has 0 bridgehead atoms. The van der Waals surface area contributed by atoms with Crippen LogP contribution in [0.25, 0.3) is 11.0 Å². The van der Waals surface area contributed by atoms with Crippen molar-refractivity contribution in [2.24, 2.45) is 0 Å². The average Bonchev–Trinajstić information content (AvgIpc) is 3.30. The molecule has 136 valence electrons. The number of amides is 1. The highest BCUT2D eigenvalue weighted by Crippen LogP contribution is 2.14. The number of carbonyl (C=O) groups excluding carboxylic acids is 1. The molecule has 0 unspecified atom stereocenters. The Morgan fingerprint density at radius 1 is 1.11 bits per heavy atom. The van der Waals surface area contributed by atoms with Gasteiger partial charge in [-0.15, -0.1) is 0 Å². The third-order valence-electron chi connectivity index (χ3n) is 4.49. The first kappa shape index (κ1) is 17.0. The van der Waals surface area contributed by atoms with Crippen LogP contribution >= 0.6 is 0 Å². The lowest BCUT2D eigenvalue weighted by atomic mass is 10.1. The van der Waals surface area contributed by atoms with Gasteiger partial charge >= 0.3 is 0 Å². The fourth-order valence-corrected chi connectivity index (χ4v) is 3.12. The normalized spacial score (nSPS) is 11.0. The first-order chi connectivity index (χ1) is 13.2. The molecule has 0 saturated carbocycles. The molecule has 0 atom stereocenters. The highest BCUT2D eigenvalue weighted by Gasteiger charge is 2.08. The van der Waals surface area contributed by atoms with Gasteiger partial charge in [-0.05, 0) is 36.8 Å². The summed E-state index contributed by atoms with van der Waals surface area (Å²) in [5.41, 5.74) is 3.77. The maximum absolute atomic E-state index is 12.4. The van der Waals surface area contributed by atoms with Gasteiger partial charge < -0.3 is 9.88 Å². The second-order valence-electron chi connectivity index (χ2n) is 6.35. The maximum Gasteiger partial charge on any atom is 0.251 e. The molecule has 0 aliphatic carbocycles. The van der Waals surface area contributed by atoms with E-state index < -0.39 is 0 Å². The van der Waals surface area contributed by atoms with Gasteiger partial charge in [-0.2, -0.15) is 5.10 Å². The Balaban J connectivity index is 1.35. The second kappa shape index (κ2) is 7.41. The van der Waals surface area contributed by atoms with Gasteiger partial charge in [-0.3, -0.25) is 4.79 Å². The van der Waals surface area contributed by atoms with Crippen molar-refractivity contribution >= 4 is 16.9 Å². The molecule has 0 saturated heterocycles. The van der Waals surface area contributed by atoms with Gasteiger partial charge in [0.25, 0.3) is 5.91 Å². The molecule has 0 aliphatic rings. The van der Waals surface area contributed by atoms with Gasteiger partial charge in [-0.1, -0.05) is 24.3 Å². The summed E-state index contributed by atoms with van der Waals surface area (Å²) in [6, 6.07) is 15.6. The maximum atomic E-state index is 12.4. The van der Waals surface area contributed by atoms with Gasteiger partial charge in [0.1, 0.15) is 18.5 Å². The summed E-state index contributed by atoms with van der Waals surface area (Å²) < 4.78 is 3.86. The monoisotopic (exact) mass is 360 g/mol. The molecule has 2 heterocycles. The molecule has 4 aromatic rings. The smallest absolute Gasteiger partial charge is 0.251 e. The predicted octanol–water partition coefficient (Wildman–Crippen LogP) is 2.41. The van der Waals surface area contributed by atoms with E-state index >= 15 is 0 Å². The lowest BCUT2D eigenvalue weighted by Gasteiger charge is -2.09. The number of nitrogens with one attached hydrogen (secondary N) is 1. The highest BCUT2D eigenvalue weighted by atomic mass is 16.1.